The maximum Gasteiger partial charge on any atom is 0.257 e. The van der Waals surface area contributed by atoms with Crippen LogP contribution in [0.5, 0.6) is 0 Å². The normalized spacial score (nSPS) is 11.3. The fraction of sp³-hybridized carbons (Fsp3) is 0.214. The van der Waals surface area contributed by atoms with Crippen molar-refractivity contribution in [3.8, 4) is 11.4 Å². The van der Waals surface area contributed by atoms with Crippen LogP contribution in [0.3, 0.4) is 0 Å². The van der Waals surface area contributed by atoms with Gasteiger partial charge in [0.05, 0.1) is 33.7 Å². The molecule has 0 atom stereocenters. The molecule has 0 saturated heterocycles. The summed E-state index contributed by atoms with van der Waals surface area (Å²) in [5.74, 6) is -0.465. The number of hydrogen-bond donors (Lipinski definition) is 4. The Hall–Kier alpha value is -4.08. The topological polar surface area (TPSA) is 116 Å². The smallest absolute Gasteiger partial charge is 0.257 e. The molecule has 38 heavy (non-hydrogen) atoms. The lowest BCUT2D eigenvalue weighted by Crippen LogP contribution is -2.38. The minimum atomic E-state index is -0.925. The Morgan fingerprint density at radius 3 is 2.53 bits per heavy atom. The molecule has 0 aliphatic heterocycles. The van der Waals surface area contributed by atoms with Crippen molar-refractivity contribution in [1.29, 1.82) is 0 Å². The third-order valence-electron chi connectivity index (χ3n) is 6.04. The van der Waals surface area contributed by atoms with Crippen LogP contribution < -0.4 is 16.0 Å². The summed E-state index contributed by atoms with van der Waals surface area (Å²) in [6.07, 6.45) is 0. The van der Waals surface area contributed by atoms with Crippen molar-refractivity contribution in [2.45, 2.75) is 20.4 Å². The average Bonchev–Trinajstić information content (AvgIpc) is 2.91. The first-order chi connectivity index (χ1) is 18.1. The average molecular weight is 536 g/mol. The van der Waals surface area contributed by atoms with Gasteiger partial charge in [0.25, 0.3) is 5.91 Å². The minimum absolute atomic E-state index is 0.165. The van der Waals surface area contributed by atoms with Gasteiger partial charge in [0.2, 0.25) is 5.91 Å². The van der Waals surface area contributed by atoms with Crippen LogP contribution in [-0.2, 0) is 11.3 Å². The summed E-state index contributed by atoms with van der Waals surface area (Å²) < 4.78 is 14.4. The van der Waals surface area contributed by atoms with Gasteiger partial charge in [-0.05, 0) is 61.9 Å². The predicted molar refractivity (Wildman–Crippen MR) is 147 cm³/mol. The highest BCUT2D eigenvalue weighted by molar-refractivity contribution is 6.34. The van der Waals surface area contributed by atoms with Crippen LogP contribution in [-0.4, -0.2) is 40.5 Å². The Morgan fingerprint density at radius 2 is 1.82 bits per heavy atom. The van der Waals surface area contributed by atoms with E-state index in [1.807, 2.05) is 0 Å². The molecule has 0 spiro atoms. The number of rotatable bonds is 8. The molecule has 0 bridgehead atoms. The summed E-state index contributed by atoms with van der Waals surface area (Å²) >= 11 is 6.31. The number of aliphatic hydroxyl groups excluding tert-OH is 1. The highest BCUT2D eigenvalue weighted by atomic mass is 35.5. The van der Waals surface area contributed by atoms with E-state index in [-0.39, 0.29) is 41.0 Å². The van der Waals surface area contributed by atoms with Crippen molar-refractivity contribution in [1.82, 2.24) is 15.3 Å². The highest BCUT2D eigenvalue weighted by Crippen LogP contribution is 2.29. The summed E-state index contributed by atoms with van der Waals surface area (Å²) in [5, 5.41) is 18.9. The van der Waals surface area contributed by atoms with Gasteiger partial charge in [0.1, 0.15) is 11.6 Å². The first-order valence-electron chi connectivity index (χ1n) is 11.9. The molecule has 4 N–H and O–H groups in total. The number of hydrogen-bond acceptors (Lipinski definition) is 6. The Balaban J connectivity index is 1.59. The third-order valence-corrected chi connectivity index (χ3v) is 6.37. The van der Waals surface area contributed by atoms with E-state index >= 15 is 0 Å². The molecular weight excluding hydrogens is 509 g/mol. The van der Waals surface area contributed by atoms with Crippen molar-refractivity contribution in [3.63, 3.8) is 0 Å². The summed E-state index contributed by atoms with van der Waals surface area (Å²) in [4.78, 5) is 34.4. The number of aliphatic hydroxyl groups is 1. The standard InChI is InChI=1S/C28H27ClFN5O3/c1-28(2,15-36)27(38)32-14-16-8-11-21(29)20(12-16)26(37)33-17-9-10-19-23(13-17)34-25(35-24(19)31-3)18-6-4-5-7-22(18)30/h4-13,36H,14-15H2,1-3H3,(H,32,38)(H,33,37)(H,31,34,35). The van der Waals surface area contributed by atoms with E-state index < -0.39 is 17.1 Å². The molecule has 196 valence electrons. The van der Waals surface area contributed by atoms with Gasteiger partial charge >= 0.3 is 0 Å². The number of aromatic nitrogens is 2. The molecule has 0 aliphatic carbocycles. The molecule has 0 unspecified atom stereocenters. The quantitative estimate of drug-likeness (QED) is 0.252. The molecule has 0 aliphatic rings. The number of amides is 2. The molecule has 2 amide bonds. The van der Waals surface area contributed by atoms with E-state index in [4.69, 9.17) is 11.6 Å². The summed E-state index contributed by atoms with van der Waals surface area (Å²) in [7, 11) is 1.71. The SMILES string of the molecule is CNc1nc(-c2ccccc2F)nc2cc(NC(=O)c3cc(CNC(=O)C(C)(C)CO)ccc3Cl)ccc12. The van der Waals surface area contributed by atoms with Crippen molar-refractivity contribution < 1.29 is 19.1 Å². The monoisotopic (exact) mass is 535 g/mol. The molecular formula is C28H27ClFN5O3. The lowest BCUT2D eigenvalue weighted by molar-refractivity contribution is -0.131. The van der Waals surface area contributed by atoms with Crippen LogP contribution in [0.1, 0.15) is 29.8 Å². The van der Waals surface area contributed by atoms with Crippen LogP contribution in [0.25, 0.3) is 22.3 Å². The molecule has 1 heterocycles. The van der Waals surface area contributed by atoms with Gasteiger partial charge in [-0.25, -0.2) is 14.4 Å². The number of nitrogens with one attached hydrogen (secondary N) is 3. The van der Waals surface area contributed by atoms with E-state index in [1.165, 1.54) is 6.07 Å². The fourth-order valence-corrected chi connectivity index (χ4v) is 3.91. The summed E-state index contributed by atoms with van der Waals surface area (Å²) in [6.45, 7) is 3.15. The van der Waals surface area contributed by atoms with E-state index in [9.17, 15) is 19.1 Å². The number of fused-ring (bicyclic) bond motifs is 1. The van der Waals surface area contributed by atoms with Crippen LogP contribution >= 0.6 is 11.6 Å². The van der Waals surface area contributed by atoms with Crippen LogP contribution in [0.4, 0.5) is 15.9 Å². The number of anilines is 2. The van der Waals surface area contributed by atoms with Gasteiger partial charge in [0, 0.05) is 24.7 Å². The van der Waals surface area contributed by atoms with Gasteiger partial charge < -0.3 is 21.1 Å². The van der Waals surface area contributed by atoms with Crippen LogP contribution in [0.2, 0.25) is 5.02 Å². The zero-order valence-electron chi connectivity index (χ0n) is 21.1. The number of halogens is 2. The number of benzene rings is 3. The van der Waals surface area contributed by atoms with Crippen LogP contribution in [0, 0.1) is 11.2 Å². The van der Waals surface area contributed by atoms with Crippen molar-refractivity contribution >= 4 is 45.8 Å². The highest BCUT2D eigenvalue weighted by Gasteiger charge is 2.26. The largest absolute Gasteiger partial charge is 0.395 e. The number of nitrogens with zero attached hydrogens (tertiary/aromatic N) is 2. The first kappa shape index (κ1) is 27.0. The van der Waals surface area contributed by atoms with E-state index in [0.29, 0.717) is 28.0 Å². The van der Waals surface area contributed by atoms with E-state index in [0.717, 1.165) is 0 Å². The molecule has 0 fully saturated rings. The Labute approximate surface area is 224 Å². The molecule has 0 radical (unpaired) electrons. The number of carbonyl (C=O) groups excluding carboxylic acids is 2. The van der Waals surface area contributed by atoms with E-state index in [1.54, 1.807) is 75.5 Å². The molecule has 10 heteroatoms. The Kier molecular flexibility index (Phi) is 7.89. The molecule has 4 rings (SSSR count). The maximum absolute atomic E-state index is 14.4. The zero-order valence-corrected chi connectivity index (χ0v) is 21.9. The maximum atomic E-state index is 14.4. The van der Waals surface area contributed by atoms with Gasteiger partial charge in [-0.1, -0.05) is 29.8 Å². The molecule has 3 aromatic carbocycles. The van der Waals surface area contributed by atoms with Gasteiger partial charge in [-0.15, -0.1) is 0 Å². The second-order valence-electron chi connectivity index (χ2n) is 9.35. The van der Waals surface area contributed by atoms with Crippen molar-refractivity contribution in [2.24, 2.45) is 5.41 Å². The van der Waals surface area contributed by atoms with Crippen molar-refractivity contribution in [2.75, 3.05) is 24.3 Å². The Bertz CT molecular complexity index is 1530. The summed E-state index contributed by atoms with van der Waals surface area (Å²) in [6, 6.07) is 16.3. The lowest BCUT2D eigenvalue weighted by atomic mass is 9.93. The second-order valence-corrected chi connectivity index (χ2v) is 9.76. The van der Waals surface area contributed by atoms with E-state index in [2.05, 4.69) is 25.9 Å². The summed E-state index contributed by atoms with van der Waals surface area (Å²) in [5.41, 5.74) is 1.20. The first-order valence-corrected chi connectivity index (χ1v) is 12.2. The van der Waals surface area contributed by atoms with Gasteiger partial charge in [0.15, 0.2) is 5.82 Å². The number of carbonyl (C=O) groups is 2. The van der Waals surface area contributed by atoms with Crippen LogP contribution in [0.15, 0.2) is 60.7 Å². The molecule has 8 nitrogen and oxygen atoms in total. The predicted octanol–water partition coefficient (Wildman–Crippen LogP) is 5.02. The van der Waals surface area contributed by atoms with Gasteiger partial charge in [-0.2, -0.15) is 0 Å². The van der Waals surface area contributed by atoms with Crippen molar-refractivity contribution in [3.05, 3.63) is 82.6 Å². The van der Waals surface area contributed by atoms with Gasteiger partial charge in [-0.3, -0.25) is 9.59 Å². The lowest BCUT2D eigenvalue weighted by Gasteiger charge is -2.20. The second kappa shape index (κ2) is 11.1. The molecule has 4 aromatic rings. The fourth-order valence-electron chi connectivity index (χ4n) is 3.71. The zero-order chi connectivity index (χ0) is 27.4. The molecule has 0 saturated carbocycles. The minimum Gasteiger partial charge on any atom is -0.395 e. The third kappa shape index (κ3) is 5.74. The molecule has 1 aromatic heterocycles. The Morgan fingerprint density at radius 1 is 1.05 bits per heavy atom.